The number of nitrogens with two attached hydrogens (primary N) is 1. The van der Waals surface area contributed by atoms with Gasteiger partial charge in [0.1, 0.15) is 17.3 Å². The summed E-state index contributed by atoms with van der Waals surface area (Å²) in [5.41, 5.74) is 6.97. The molecular formula is C14H14N2O. The topological polar surface area (TPSA) is 48.1 Å². The van der Waals surface area contributed by atoms with Gasteiger partial charge in [0.15, 0.2) is 0 Å². The van der Waals surface area contributed by atoms with Crippen LogP contribution < -0.4 is 10.5 Å². The fraction of sp³-hybridized carbons (Fsp3) is 0.214. The smallest absolute Gasteiger partial charge is 0.132 e. The molecule has 0 saturated heterocycles. The summed E-state index contributed by atoms with van der Waals surface area (Å²) in [6.07, 6.45) is 4.24. The lowest BCUT2D eigenvalue weighted by Crippen LogP contribution is -1.91. The normalized spacial score (nSPS) is 14.6. The number of rotatable bonds is 3. The van der Waals surface area contributed by atoms with Crippen LogP contribution in [-0.2, 0) is 0 Å². The molecule has 1 saturated carbocycles. The van der Waals surface area contributed by atoms with Crippen molar-refractivity contribution in [1.82, 2.24) is 4.98 Å². The monoisotopic (exact) mass is 226 g/mol. The molecule has 1 aliphatic carbocycles. The molecule has 1 heterocycles. The van der Waals surface area contributed by atoms with Crippen molar-refractivity contribution in [3.63, 3.8) is 0 Å². The van der Waals surface area contributed by atoms with Crippen LogP contribution in [0.4, 0.5) is 5.82 Å². The zero-order valence-electron chi connectivity index (χ0n) is 9.47. The number of nitrogen functional groups attached to an aromatic ring is 1. The van der Waals surface area contributed by atoms with Gasteiger partial charge in [-0.25, -0.2) is 4.98 Å². The first-order valence-electron chi connectivity index (χ1n) is 5.80. The molecule has 0 radical (unpaired) electrons. The molecule has 2 N–H and O–H groups in total. The number of anilines is 1. The third kappa shape index (κ3) is 2.38. The Balaban J connectivity index is 1.82. The van der Waals surface area contributed by atoms with E-state index < -0.39 is 0 Å². The van der Waals surface area contributed by atoms with Crippen LogP contribution in [0.25, 0.3) is 0 Å². The van der Waals surface area contributed by atoms with Gasteiger partial charge in [-0.1, -0.05) is 12.1 Å². The standard InChI is InChI=1S/C14H14N2O/c15-14-9-13(6-7-16-14)17-12-3-1-2-11(8-12)10-4-5-10/h1-3,6-10H,4-5H2,(H2,15,16). The fourth-order valence-electron chi connectivity index (χ4n) is 1.88. The Hall–Kier alpha value is -2.03. The van der Waals surface area contributed by atoms with E-state index in [9.17, 15) is 0 Å². The molecule has 0 bridgehead atoms. The van der Waals surface area contributed by atoms with Crippen molar-refractivity contribution >= 4 is 5.82 Å². The maximum atomic E-state index is 5.76. The SMILES string of the molecule is Nc1cc(Oc2cccc(C3CC3)c2)ccn1. The molecule has 0 amide bonds. The van der Waals surface area contributed by atoms with Crippen LogP contribution >= 0.6 is 0 Å². The van der Waals surface area contributed by atoms with Crippen molar-refractivity contribution in [1.29, 1.82) is 0 Å². The lowest BCUT2D eigenvalue weighted by atomic mass is 10.1. The highest BCUT2D eigenvalue weighted by Gasteiger charge is 2.23. The Morgan fingerprint density at radius 3 is 2.71 bits per heavy atom. The van der Waals surface area contributed by atoms with Gasteiger partial charge in [-0.05, 0) is 42.5 Å². The highest BCUT2D eigenvalue weighted by molar-refractivity contribution is 5.40. The zero-order chi connectivity index (χ0) is 11.7. The van der Waals surface area contributed by atoms with E-state index in [0.717, 1.165) is 17.4 Å². The van der Waals surface area contributed by atoms with Gasteiger partial charge < -0.3 is 10.5 Å². The molecule has 0 atom stereocenters. The van der Waals surface area contributed by atoms with Crippen LogP contribution in [0.1, 0.15) is 24.3 Å². The first kappa shape index (κ1) is 10.1. The van der Waals surface area contributed by atoms with E-state index in [1.807, 2.05) is 12.1 Å². The minimum atomic E-state index is 0.473. The summed E-state index contributed by atoms with van der Waals surface area (Å²) in [7, 11) is 0. The maximum absolute atomic E-state index is 5.76. The minimum Gasteiger partial charge on any atom is -0.457 e. The highest BCUT2D eigenvalue weighted by Crippen LogP contribution is 2.41. The van der Waals surface area contributed by atoms with Crippen molar-refractivity contribution in [2.75, 3.05) is 5.73 Å². The first-order chi connectivity index (χ1) is 8.31. The zero-order valence-corrected chi connectivity index (χ0v) is 9.47. The van der Waals surface area contributed by atoms with E-state index in [1.54, 1.807) is 18.3 Å². The molecule has 2 aromatic rings. The van der Waals surface area contributed by atoms with Gasteiger partial charge >= 0.3 is 0 Å². The summed E-state index contributed by atoms with van der Waals surface area (Å²) >= 11 is 0. The van der Waals surface area contributed by atoms with E-state index in [2.05, 4.69) is 17.1 Å². The number of aromatic nitrogens is 1. The predicted molar refractivity (Wildman–Crippen MR) is 67.1 cm³/mol. The van der Waals surface area contributed by atoms with Crippen LogP contribution in [0.15, 0.2) is 42.6 Å². The number of hydrogen-bond acceptors (Lipinski definition) is 3. The number of nitrogens with zero attached hydrogens (tertiary/aromatic N) is 1. The molecule has 1 aromatic carbocycles. The molecule has 1 fully saturated rings. The fourth-order valence-corrected chi connectivity index (χ4v) is 1.88. The van der Waals surface area contributed by atoms with E-state index in [4.69, 9.17) is 10.5 Å². The maximum Gasteiger partial charge on any atom is 0.132 e. The molecule has 0 unspecified atom stereocenters. The second kappa shape index (κ2) is 4.09. The third-order valence-corrected chi connectivity index (χ3v) is 2.90. The van der Waals surface area contributed by atoms with Crippen LogP contribution in [0.3, 0.4) is 0 Å². The van der Waals surface area contributed by atoms with Crippen LogP contribution in [0.2, 0.25) is 0 Å². The lowest BCUT2D eigenvalue weighted by molar-refractivity contribution is 0.481. The number of hydrogen-bond donors (Lipinski definition) is 1. The number of ether oxygens (including phenoxy) is 1. The molecule has 86 valence electrons. The molecule has 17 heavy (non-hydrogen) atoms. The van der Waals surface area contributed by atoms with Crippen molar-refractivity contribution in [3.05, 3.63) is 48.2 Å². The van der Waals surface area contributed by atoms with E-state index >= 15 is 0 Å². The van der Waals surface area contributed by atoms with Crippen LogP contribution in [-0.4, -0.2) is 4.98 Å². The van der Waals surface area contributed by atoms with Gasteiger partial charge in [-0.15, -0.1) is 0 Å². The highest BCUT2D eigenvalue weighted by atomic mass is 16.5. The minimum absolute atomic E-state index is 0.473. The van der Waals surface area contributed by atoms with Crippen LogP contribution in [0, 0.1) is 0 Å². The summed E-state index contributed by atoms with van der Waals surface area (Å²) in [5, 5.41) is 0. The van der Waals surface area contributed by atoms with Crippen molar-refractivity contribution in [2.24, 2.45) is 0 Å². The molecular weight excluding hydrogens is 212 g/mol. The van der Waals surface area contributed by atoms with Gasteiger partial charge in [-0.3, -0.25) is 0 Å². The summed E-state index contributed by atoms with van der Waals surface area (Å²) in [4.78, 5) is 3.94. The van der Waals surface area contributed by atoms with Crippen molar-refractivity contribution < 1.29 is 4.74 Å². The molecule has 1 aliphatic rings. The Bertz CT molecular complexity index is 535. The summed E-state index contributed by atoms with van der Waals surface area (Å²) in [6.45, 7) is 0. The van der Waals surface area contributed by atoms with Gasteiger partial charge in [0.2, 0.25) is 0 Å². The molecule has 0 aliphatic heterocycles. The summed E-state index contributed by atoms with van der Waals surface area (Å²) < 4.78 is 5.76. The molecule has 3 nitrogen and oxygen atoms in total. The molecule has 0 spiro atoms. The molecule has 1 aromatic heterocycles. The Morgan fingerprint density at radius 2 is 1.94 bits per heavy atom. The predicted octanol–water partition coefficient (Wildman–Crippen LogP) is 3.33. The summed E-state index contributed by atoms with van der Waals surface area (Å²) in [6, 6.07) is 11.8. The Labute approximate surface area is 100 Å². The van der Waals surface area contributed by atoms with E-state index in [-0.39, 0.29) is 0 Å². The molecule has 3 rings (SSSR count). The van der Waals surface area contributed by atoms with E-state index in [1.165, 1.54) is 18.4 Å². The second-order valence-electron chi connectivity index (χ2n) is 4.37. The van der Waals surface area contributed by atoms with Crippen molar-refractivity contribution in [3.8, 4) is 11.5 Å². The quantitative estimate of drug-likeness (QED) is 0.873. The Morgan fingerprint density at radius 1 is 1.12 bits per heavy atom. The van der Waals surface area contributed by atoms with Gasteiger partial charge in [0.25, 0.3) is 0 Å². The largest absolute Gasteiger partial charge is 0.457 e. The molecule has 3 heteroatoms. The summed E-state index contributed by atoms with van der Waals surface area (Å²) in [5.74, 6) is 2.80. The van der Waals surface area contributed by atoms with Crippen molar-refractivity contribution in [2.45, 2.75) is 18.8 Å². The van der Waals surface area contributed by atoms with Crippen LogP contribution in [0.5, 0.6) is 11.5 Å². The Kier molecular flexibility index (Phi) is 2.44. The average Bonchev–Trinajstić information content (AvgIpc) is 3.13. The lowest BCUT2D eigenvalue weighted by Gasteiger charge is -2.07. The van der Waals surface area contributed by atoms with E-state index in [0.29, 0.717) is 5.82 Å². The van der Waals surface area contributed by atoms with Gasteiger partial charge in [-0.2, -0.15) is 0 Å². The second-order valence-corrected chi connectivity index (χ2v) is 4.37. The van der Waals surface area contributed by atoms with Gasteiger partial charge in [0, 0.05) is 12.3 Å². The number of pyridine rings is 1. The number of benzene rings is 1. The van der Waals surface area contributed by atoms with Gasteiger partial charge in [0.05, 0.1) is 0 Å². The average molecular weight is 226 g/mol. The first-order valence-corrected chi connectivity index (χ1v) is 5.80. The third-order valence-electron chi connectivity index (χ3n) is 2.90.